The van der Waals surface area contributed by atoms with Crippen molar-refractivity contribution in [1.29, 1.82) is 0 Å². The second-order valence-corrected chi connectivity index (χ2v) is 8.23. The van der Waals surface area contributed by atoms with E-state index < -0.39 is 6.29 Å². The summed E-state index contributed by atoms with van der Waals surface area (Å²) in [5.74, 6) is 0.274. The van der Waals surface area contributed by atoms with Crippen molar-refractivity contribution in [2.75, 3.05) is 39.5 Å². The van der Waals surface area contributed by atoms with Gasteiger partial charge in [-0.1, -0.05) is 12.1 Å². The summed E-state index contributed by atoms with van der Waals surface area (Å²) in [5, 5.41) is 9.35. The van der Waals surface area contributed by atoms with Gasteiger partial charge in [-0.05, 0) is 66.1 Å². The average molecular weight is 501 g/mol. The van der Waals surface area contributed by atoms with Crippen molar-refractivity contribution < 1.29 is 24.1 Å². The molecule has 2 aliphatic rings. The van der Waals surface area contributed by atoms with Crippen LogP contribution in [-0.2, 0) is 19.0 Å². The maximum absolute atomic E-state index is 13.0. The number of aliphatic hydroxyl groups is 1. The van der Waals surface area contributed by atoms with Gasteiger partial charge in [0, 0.05) is 41.7 Å². The molecule has 1 aromatic carbocycles. The monoisotopic (exact) mass is 501 g/mol. The first-order chi connectivity index (χ1) is 13.6. The first-order valence-electron chi connectivity index (χ1n) is 9.87. The average Bonchev–Trinajstić information content (AvgIpc) is 2.73. The van der Waals surface area contributed by atoms with Crippen molar-refractivity contribution in [3.63, 3.8) is 0 Å². The van der Waals surface area contributed by atoms with E-state index >= 15 is 0 Å². The van der Waals surface area contributed by atoms with E-state index in [9.17, 15) is 9.90 Å². The van der Waals surface area contributed by atoms with Crippen LogP contribution in [0.2, 0.25) is 0 Å². The Balaban J connectivity index is 1.92. The normalized spacial score (nSPS) is 25.2. The molecule has 1 aromatic rings. The number of allylic oxidation sites excluding steroid dienone is 1. The van der Waals surface area contributed by atoms with Crippen LogP contribution < -0.4 is 0 Å². The van der Waals surface area contributed by atoms with Crippen molar-refractivity contribution in [2.24, 2.45) is 5.92 Å². The molecular formula is C21H28INO5. The second kappa shape index (κ2) is 10.6. The number of aliphatic hydroxyl groups excluding tert-OH is 1. The molecule has 0 aromatic heterocycles. The minimum atomic E-state index is -0.509. The molecule has 6 nitrogen and oxygen atoms in total. The molecule has 154 valence electrons. The molecule has 2 heterocycles. The lowest BCUT2D eigenvalue weighted by Crippen LogP contribution is -2.44. The third-order valence-electron chi connectivity index (χ3n) is 5.18. The quantitative estimate of drug-likeness (QED) is 0.583. The predicted octanol–water partition coefficient (Wildman–Crippen LogP) is 2.90. The van der Waals surface area contributed by atoms with E-state index in [0.717, 1.165) is 15.6 Å². The SMILES string of the molecule is CCO[C@H]1OC(C(=O)N2CCOCC2)=C[C@@H](c2ccc(I)cc2)[C@@H]1CCCO. The maximum Gasteiger partial charge on any atom is 0.288 e. The van der Waals surface area contributed by atoms with Crippen molar-refractivity contribution in [1.82, 2.24) is 4.90 Å². The van der Waals surface area contributed by atoms with Gasteiger partial charge in [0.15, 0.2) is 5.76 Å². The number of rotatable bonds is 7. The number of benzene rings is 1. The van der Waals surface area contributed by atoms with Crippen LogP contribution >= 0.6 is 22.6 Å². The molecule has 28 heavy (non-hydrogen) atoms. The van der Waals surface area contributed by atoms with E-state index in [0.29, 0.717) is 45.1 Å². The molecule has 7 heteroatoms. The van der Waals surface area contributed by atoms with Crippen molar-refractivity contribution >= 4 is 28.5 Å². The van der Waals surface area contributed by atoms with Crippen LogP contribution in [0.1, 0.15) is 31.2 Å². The molecule has 3 rings (SSSR count). The van der Waals surface area contributed by atoms with Crippen molar-refractivity contribution in [2.45, 2.75) is 32.0 Å². The van der Waals surface area contributed by atoms with Crippen LogP contribution in [0.25, 0.3) is 0 Å². The molecule has 1 amide bonds. The molecular weight excluding hydrogens is 473 g/mol. The molecule has 2 aliphatic heterocycles. The van der Waals surface area contributed by atoms with E-state index in [1.165, 1.54) is 0 Å². The van der Waals surface area contributed by atoms with E-state index in [-0.39, 0.29) is 24.3 Å². The largest absolute Gasteiger partial charge is 0.459 e. The zero-order chi connectivity index (χ0) is 19.9. The van der Waals surface area contributed by atoms with Crippen molar-refractivity contribution in [3.05, 3.63) is 45.2 Å². The molecule has 0 spiro atoms. The molecule has 0 aliphatic carbocycles. The summed E-state index contributed by atoms with van der Waals surface area (Å²) in [5.41, 5.74) is 1.13. The first-order valence-corrected chi connectivity index (χ1v) is 10.9. The minimum Gasteiger partial charge on any atom is -0.459 e. The Morgan fingerprint density at radius 1 is 1.29 bits per heavy atom. The molecule has 1 N–H and O–H groups in total. The Labute approximate surface area is 180 Å². The predicted molar refractivity (Wildman–Crippen MR) is 114 cm³/mol. The maximum atomic E-state index is 13.0. The first kappa shape index (κ1) is 21.5. The molecule has 1 saturated heterocycles. The number of ether oxygens (including phenoxy) is 3. The summed E-state index contributed by atoms with van der Waals surface area (Å²) in [4.78, 5) is 14.8. The number of halogens is 1. The van der Waals surface area contributed by atoms with E-state index in [1.54, 1.807) is 4.90 Å². The van der Waals surface area contributed by atoms with Gasteiger partial charge in [-0.2, -0.15) is 0 Å². The number of nitrogens with zero attached hydrogens (tertiary/aromatic N) is 1. The lowest BCUT2D eigenvalue weighted by molar-refractivity contribution is -0.171. The summed E-state index contributed by atoms with van der Waals surface area (Å²) in [7, 11) is 0. The third-order valence-corrected chi connectivity index (χ3v) is 5.89. The number of hydrogen-bond donors (Lipinski definition) is 1. The molecule has 0 unspecified atom stereocenters. The van der Waals surface area contributed by atoms with Gasteiger partial charge in [0.25, 0.3) is 5.91 Å². The van der Waals surface area contributed by atoms with Crippen LogP contribution in [-0.4, -0.2) is 61.7 Å². The highest BCUT2D eigenvalue weighted by Crippen LogP contribution is 2.39. The van der Waals surface area contributed by atoms with Crippen LogP contribution in [0.15, 0.2) is 36.1 Å². The summed E-state index contributed by atoms with van der Waals surface area (Å²) < 4.78 is 18.5. The Kier molecular flexibility index (Phi) is 8.13. The molecule has 3 atom stereocenters. The number of morpholine rings is 1. The smallest absolute Gasteiger partial charge is 0.288 e. The fourth-order valence-electron chi connectivity index (χ4n) is 3.74. The Hall–Kier alpha value is -1.16. The van der Waals surface area contributed by atoms with Crippen LogP contribution in [0.5, 0.6) is 0 Å². The highest BCUT2D eigenvalue weighted by molar-refractivity contribution is 14.1. The summed E-state index contributed by atoms with van der Waals surface area (Å²) >= 11 is 2.29. The fraction of sp³-hybridized carbons (Fsp3) is 0.571. The zero-order valence-electron chi connectivity index (χ0n) is 16.2. The standard InChI is InChI=1S/C21H28INO5/c1-2-27-21-17(4-3-11-24)18(15-5-7-16(22)8-6-15)14-19(28-21)20(25)23-9-12-26-13-10-23/h5-8,14,17-18,21,24H,2-4,9-13H2,1H3/t17-,18-,21-/m0/s1. The zero-order valence-corrected chi connectivity index (χ0v) is 18.3. The second-order valence-electron chi connectivity index (χ2n) is 6.98. The number of carbonyl (C=O) groups excluding carboxylic acids is 1. The van der Waals surface area contributed by atoms with Gasteiger partial charge < -0.3 is 24.2 Å². The number of carbonyl (C=O) groups is 1. The van der Waals surface area contributed by atoms with Crippen LogP contribution in [0.4, 0.5) is 0 Å². The lowest BCUT2D eigenvalue weighted by atomic mass is 9.80. The van der Waals surface area contributed by atoms with Crippen LogP contribution in [0.3, 0.4) is 0 Å². The Morgan fingerprint density at radius 3 is 2.64 bits per heavy atom. The minimum absolute atomic E-state index is 0.00570. The van der Waals surface area contributed by atoms with Gasteiger partial charge in [0.05, 0.1) is 13.2 Å². The number of amides is 1. The van der Waals surface area contributed by atoms with Gasteiger partial charge in [-0.15, -0.1) is 0 Å². The topological polar surface area (TPSA) is 68.2 Å². The Morgan fingerprint density at radius 2 is 2.00 bits per heavy atom. The number of hydrogen-bond acceptors (Lipinski definition) is 5. The Bertz CT molecular complexity index is 672. The molecule has 0 radical (unpaired) electrons. The van der Waals surface area contributed by atoms with E-state index in [4.69, 9.17) is 14.2 Å². The fourth-order valence-corrected chi connectivity index (χ4v) is 4.10. The highest BCUT2D eigenvalue weighted by Gasteiger charge is 2.38. The summed E-state index contributed by atoms with van der Waals surface area (Å²) in [6, 6.07) is 8.34. The molecule has 0 bridgehead atoms. The van der Waals surface area contributed by atoms with Gasteiger partial charge in [0.1, 0.15) is 0 Å². The van der Waals surface area contributed by atoms with Crippen molar-refractivity contribution in [3.8, 4) is 0 Å². The van der Waals surface area contributed by atoms with Gasteiger partial charge in [-0.3, -0.25) is 4.79 Å². The summed E-state index contributed by atoms with van der Waals surface area (Å²) in [6.07, 6.45) is 2.86. The third kappa shape index (κ3) is 5.25. The highest BCUT2D eigenvalue weighted by atomic mass is 127. The van der Waals surface area contributed by atoms with E-state index in [1.807, 2.05) is 13.0 Å². The van der Waals surface area contributed by atoms with Gasteiger partial charge >= 0.3 is 0 Å². The van der Waals surface area contributed by atoms with E-state index in [2.05, 4.69) is 46.9 Å². The van der Waals surface area contributed by atoms with Gasteiger partial charge in [0.2, 0.25) is 6.29 Å². The lowest BCUT2D eigenvalue weighted by Gasteiger charge is -2.38. The van der Waals surface area contributed by atoms with Crippen LogP contribution in [0, 0.1) is 9.49 Å². The molecule has 1 fully saturated rings. The summed E-state index contributed by atoms with van der Waals surface area (Å²) in [6.45, 7) is 4.79. The molecule has 0 saturated carbocycles. The van der Waals surface area contributed by atoms with Gasteiger partial charge in [-0.25, -0.2) is 0 Å².